The molecule has 0 unspecified atom stereocenters. The highest BCUT2D eigenvalue weighted by molar-refractivity contribution is 9.10. The Morgan fingerprint density at radius 2 is 2.05 bits per heavy atom. The zero-order valence-electron chi connectivity index (χ0n) is 10.6. The van der Waals surface area contributed by atoms with Crippen LogP contribution in [0.1, 0.15) is 11.4 Å². The van der Waals surface area contributed by atoms with Crippen molar-refractivity contribution in [3.63, 3.8) is 0 Å². The SMILES string of the molecule is N#Cc1ccc(-n2c(CCl)nc3cc(Cl)ccc32)c(Br)c1. The first-order valence-corrected chi connectivity index (χ1v) is 7.77. The van der Waals surface area contributed by atoms with Gasteiger partial charge < -0.3 is 0 Å². The fraction of sp³-hybridized carbons (Fsp3) is 0.0667. The molecule has 0 aliphatic carbocycles. The summed E-state index contributed by atoms with van der Waals surface area (Å²) in [5.74, 6) is 0.998. The number of aromatic nitrogens is 2. The van der Waals surface area contributed by atoms with Gasteiger partial charge in [0.05, 0.1) is 34.2 Å². The summed E-state index contributed by atoms with van der Waals surface area (Å²) in [6.45, 7) is 0. The van der Waals surface area contributed by atoms with E-state index in [-0.39, 0.29) is 5.88 Å². The minimum atomic E-state index is 0.277. The van der Waals surface area contributed by atoms with Crippen LogP contribution >= 0.6 is 39.1 Å². The average Bonchev–Trinajstić information content (AvgIpc) is 2.84. The smallest absolute Gasteiger partial charge is 0.129 e. The first-order valence-electron chi connectivity index (χ1n) is 6.07. The normalized spacial score (nSPS) is 10.8. The molecule has 3 aromatic rings. The molecule has 0 saturated heterocycles. The van der Waals surface area contributed by atoms with Gasteiger partial charge in [-0.1, -0.05) is 11.6 Å². The highest BCUT2D eigenvalue weighted by atomic mass is 79.9. The Morgan fingerprint density at radius 3 is 2.71 bits per heavy atom. The van der Waals surface area contributed by atoms with Gasteiger partial charge in [0.1, 0.15) is 5.82 Å². The van der Waals surface area contributed by atoms with Crippen LogP contribution < -0.4 is 0 Å². The third-order valence-corrected chi connectivity index (χ3v) is 4.23. The minimum Gasteiger partial charge on any atom is -0.294 e. The van der Waals surface area contributed by atoms with Gasteiger partial charge >= 0.3 is 0 Å². The number of rotatable bonds is 2. The molecule has 0 N–H and O–H groups in total. The van der Waals surface area contributed by atoms with Crippen LogP contribution in [0.3, 0.4) is 0 Å². The predicted octanol–water partition coefficient (Wildman–Crippen LogP) is 5.05. The van der Waals surface area contributed by atoms with E-state index in [1.165, 1.54) is 0 Å². The summed E-state index contributed by atoms with van der Waals surface area (Å²) in [6.07, 6.45) is 0. The Balaban J connectivity index is 2.31. The topological polar surface area (TPSA) is 41.6 Å². The molecule has 0 aliphatic rings. The van der Waals surface area contributed by atoms with Gasteiger partial charge in [-0.2, -0.15) is 5.26 Å². The molecule has 3 nitrogen and oxygen atoms in total. The summed E-state index contributed by atoms with van der Waals surface area (Å²) < 4.78 is 2.77. The van der Waals surface area contributed by atoms with E-state index in [2.05, 4.69) is 27.0 Å². The minimum absolute atomic E-state index is 0.277. The molecule has 0 aliphatic heterocycles. The van der Waals surface area contributed by atoms with E-state index in [0.29, 0.717) is 10.6 Å². The summed E-state index contributed by atoms with van der Waals surface area (Å²) in [7, 11) is 0. The fourth-order valence-corrected chi connectivity index (χ4v) is 3.12. The van der Waals surface area contributed by atoms with Gasteiger partial charge in [-0.25, -0.2) is 4.98 Å². The molecular formula is C15H8BrCl2N3. The Hall–Kier alpha value is -1.54. The Bertz CT molecular complexity index is 880. The van der Waals surface area contributed by atoms with Crippen molar-refractivity contribution >= 4 is 50.2 Å². The second-order valence-electron chi connectivity index (χ2n) is 4.41. The van der Waals surface area contributed by atoms with Gasteiger partial charge in [-0.15, -0.1) is 11.6 Å². The molecular weight excluding hydrogens is 373 g/mol. The fourth-order valence-electron chi connectivity index (χ4n) is 2.22. The van der Waals surface area contributed by atoms with Crippen molar-refractivity contribution in [2.75, 3.05) is 0 Å². The van der Waals surface area contributed by atoms with E-state index in [9.17, 15) is 0 Å². The number of fused-ring (bicyclic) bond motifs is 1. The van der Waals surface area contributed by atoms with Crippen LogP contribution in [-0.4, -0.2) is 9.55 Å². The molecule has 6 heteroatoms. The van der Waals surface area contributed by atoms with Gasteiger partial charge in [0.25, 0.3) is 0 Å². The second-order valence-corrected chi connectivity index (χ2v) is 5.97. The number of nitrogens with zero attached hydrogens (tertiary/aromatic N) is 3. The number of alkyl halides is 1. The highest BCUT2D eigenvalue weighted by Crippen LogP contribution is 2.29. The molecule has 0 amide bonds. The van der Waals surface area contributed by atoms with Crippen molar-refractivity contribution in [1.82, 2.24) is 9.55 Å². The van der Waals surface area contributed by atoms with E-state index in [0.717, 1.165) is 27.0 Å². The van der Waals surface area contributed by atoms with Crippen LogP contribution in [0.25, 0.3) is 16.7 Å². The molecule has 0 radical (unpaired) electrons. The number of hydrogen-bond acceptors (Lipinski definition) is 2. The molecule has 3 rings (SSSR count). The van der Waals surface area contributed by atoms with Gasteiger partial charge in [-0.3, -0.25) is 4.57 Å². The Morgan fingerprint density at radius 1 is 1.24 bits per heavy atom. The monoisotopic (exact) mass is 379 g/mol. The molecule has 104 valence electrons. The van der Waals surface area contributed by atoms with E-state index >= 15 is 0 Å². The first kappa shape index (κ1) is 14.4. The largest absolute Gasteiger partial charge is 0.294 e. The zero-order valence-corrected chi connectivity index (χ0v) is 13.7. The summed E-state index contributed by atoms with van der Waals surface area (Å²) in [6, 6.07) is 13.1. The molecule has 0 fully saturated rings. The maximum absolute atomic E-state index is 8.96. The van der Waals surface area contributed by atoms with Crippen molar-refractivity contribution < 1.29 is 0 Å². The maximum atomic E-state index is 8.96. The number of imidazole rings is 1. The van der Waals surface area contributed by atoms with Crippen molar-refractivity contribution in [2.24, 2.45) is 0 Å². The Kier molecular flexibility index (Phi) is 3.90. The number of halogens is 3. The van der Waals surface area contributed by atoms with Gasteiger partial charge in [-0.05, 0) is 52.3 Å². The van der Waals surface area contributed by atoms with Crippen LogP contribution in [0, 0.1) is 11.3 Å². The standard InChI is InChI=1S/C15H8BrCl2N3/c16-11-5-9(8-19)1-3-13(11)21-14-4-2-10(18)6-12(14)20-15(21)7-17/h1-6H,7H2. The average molecular weight is 381 g/mol. The quantitative estimate of drug-likeness (QED) is 0.583. The highest BCUT2D eigenvalue weighted by Gasteiger charge is 2.14. The zero-order chi connectivity index (χ0) is 15.0. The van der Waals surface area contributed by atoms with Gasteiger partial charge in [0.15, 0.2) is 0 Å². The number of hydrogen-bond donors (Lipinski definition) is 0. The number of nitriles is 1. The van der Waals surface area contributed by atoms with Gasteiger partial charge in [0.2, 0.25) is 0 Å². The van der Waals surface area contributed by atoms with Crippen molar-refractivity contribution in [3.05, 3.63) is 57.3 Å². The van der Waals surface area contributed by atoms with Gasteiger partial charge in [0, 0.05) is 9.50 Å². The molecule has 21 heavy (non-hydrogen) atoms. The summed E-state index contributed by atoms with van der Waals surface area (Å²) in [5, 5.41) is 9.59. The van der Waals surface area contributed by atoms with Crippen molar-refractivity contribution in [1.29, 1.82) is 5.26 Å². The van der Waals surface area contributed by atoms with Crippen molar-refractivity contribution in [2.45, 2.75) is 5.88 Å². The van der Waals surface area contributed by atoms with Crippen LogP contribution in [0.4, 0.5) is 0 Å². The molecule has 0 bridgehead atoms. The number of benzene rings is 2. The lowest BCUT2D eigenvalue weighted by molar-refractivity contribution is 0.977. The van der Waals surface area contributed by atoms with Crippen LogP contribution in [0.2, 0.25) is 5.02 Å². The molecule has 1 aromatic heterocycles. The third-order valence-electron chi connectivity index (χ3n) is 3.12. The molecule has 0 atom stereocenters. The van der Waals surface area contributed by atoms with Crippen molar-refractivity contribution in [3.8, 4) is 11.8 Å². The first-order chi connectivity index (χ1) is 10.1. The van der Waals surface area contributed by atoms with E-state index in [4.69, 9.17) is 28.5 Å². The lowest BCUT2D eigenvalue weighted by atomic mass is 10.2. The van der Waals surface area contributed by atoms with E-state index in [1.54, 1.807) is 18.2 Å². The third kappa shape index (κ3) is 2.53. The molecule has 0 spiro atoms. The summed E-state index contributed by atoms with van der Waals surface area (Å²) >= 11 is 15.5. The lowest BCUT2D eigenvalue weighted by Crippen LogP contribution is -2.00. The molecule has 1 heterocycles. The maximum Gasteiger partial charge on any atom is 0.129 e. The van der Waals surface area contributed by atoms with E-state index < -0.39 is 0 Å². The molecule has 2 aromatic carbocycles. The van der Waals surface area contributed by atoms with Crippen LogP contribution in [0.15, 0.2) is 40.9 Å². The summed E-state index contributed by atoms with van der Waals surface area (Å²) in [4.78, 5) is 4.51. The Labute approximate surface area is 139 Å². The van der Waals surface area contributed by atoms with Crippen LogP contribution in [-0.2, 0) is 5.88 Å². The van der Waals surface area contributed by atoms with E-state index in [1.807, 2.05) is 22.8 Å². The molecule has 0 saturated carbocycles. The second kappa shape index (κ2) is 5.69. The van der Waals surface area contributed by atoms with Crippen LogP contribution in [0.5, 0.6) is 0 Å². The summed E-state index contributed by atoms with van der Waals surface area (Å²) in [5.41, 5.74) is 3.18. The predicted molar refractivity (Wildman–Crippen MR) is 88.1 cm³/mol. The lowest BCUT2D eigenvalue weighted by Gasteiger charge is -2.10.